The molecule has 0 aliphatic carbocycles. The summed E-state index contributed by atoms with van der Waals surface area (Å²) in [5.74, 6) is 0.988. The highest BCUT2D eigenvalue weighted by molar-refractivity contribution is 7.99. The van der Waals surface area contributed by atoms with Crippen molar-refractivity contribution in [1.82, 2.24) is 15.0 Å². The summed E-state index contributed by atoms with van der Waals surface area (Å²) < 4.78 is 0. The van der Waals surface area contributed by atoms with Gasteiger partial charge in [0.2, 0.25) is 0 Å². The number of rotatable bonds is 4. The summed E-state index contributed by atoms with van der Waals surface area (Å²) in [6.45, 7) is 4.00. The standard InChI is InChI=1S/C21H18N4OS/c1-13-3-10-19(27-16-7-5-15(26)6-8-16)18(11-13)25-21-17-9-4-14(2)24-20(17)22-12-23-21/h3-12,26H,1-2H3,(H,22,23,24,25). The van der Waals surface area contributed by atoms with Gasteiger partial charge in [-0.15, -0.1) is 0 Å². The van der Waals surface area contributed by atoms with E-state index >= 15 is 0 Å². The van der Waals surface area contributed by atoms with Crippen molar-refractivity contribution in [3.63, 3.8) is 0 Å². The number of phenols is 1. The molecule has 0 radical (unpaired) electrons. The first-order valence-electron chi connectivity index (χ1n) is 8.51. The van der Waals surface area contributed by atoms with Crippen molar-refractivity contribution in [2.45, 2.75) is 23.6 Å². The Hall–Kier alpha value is -3.12. The first-order chi connectivity index (χ1) is 13.1. The van der Waals surface area contributed by atoms with Crippen LogP contribution in [0.25, 0.3) is 11.0 Å². The third-order valence-corrected chi connectivity index (χ3v) is 5.17. The zero-order valence-electron chi connectivity index (χ0n) is 15.0. The van der Waals surface area contributed by atoms with Gasteiger partial charge >= 0.3 is 0 Å². The molecule has 2 heterocycles. The van der Waals surface area contributed by atoms with E-state index in [9.17, 15) is 5.11 Å². The Labute approximate surface area is 161 Å². The molecule has 2 aromatic carbocycles. The Morgan fingerprint density at radius 2 is 1.74 bits per heavy atom. The maximum Gasteiger partial charge on any atom is 0.164 e. The van der Waals surface area contributed by atoms with Gasteiger partial charge in [-0.1, -0.05) is 17.8 Å². The van der Waals surface area contributed by atoms with E-state index in [1.165, 1.54) is 6.33 Å². The first-order valence-corrected chi connectivity index (χ1v) is 9.33. The maximum absolute atomic E-state index is 9.49. The number of phenolic OH excluding ortho intramolecular Hbond substituents is 1. The third-order valence-electron chi connectivity index (χ3n) is 4.09. The molecule has 0 aliphatic rings. The van der Waals surface area contributed by atoms with E-state index in [1.807, 2.05) is 31.2 Å². The number of aromatic nitrogens is 3. The lowest BCUT2D eigenvalue weighted by molar-refractivity contribution is 0.475. The van der Waals surface area contributed by atoms with Crippen molar-refractivity contribution in [3.8, 4) is 5.75 Å². The van der Waals surface area contributed by atoms with Gasteiger partial charge in [0.25, 0.3) is 0 Å². The molecule has 6 heteroatoms. The van der Waals surface area contributed by atoms with Crippen LogP contribution in [0, 0.1) is 13.8 Å². The van der Waals surface area contributed by atoms with E-state index in [-0.39, 0.29) is 5.75 Å². The van der Waals surface area contributed by atoms with E-state index in [2.05, 4.69) is 45.4 Å². The second-order valence-corrected chi connectivity index (χ2v) is 7.38. The van der Waals surface area contributed by atoms with Crippen LogP contribution in [0.4, 0.5) is 11.5 Å². The van der Waals surface area contributed by atoms with Gasteiger partial charge in [-0.25, -0.2) is 15.0 Å². The van der Waals surface area contributed by atoms with Crippen molar-refractivity contribution in [3.05, 3.63) is 72.2 Å². The van der Waals surface area contributed by atoms with Gasteiger partial charge in [-0.05, 0) is 67.9 Å². The number of anilines is 2. The molecule has 0 saturated heterocycles. The summed E-state index contributed by atoms with van der Waals surface area (Å²) in [6, 6.07) is 17.4. The Bertz CT molecular complexity index is 1110. The largest absolute Gasteiger partial charge is 0.508 e. The molecular weight excluding hydrogens is 356 g/mol. The topological polar surface area (TPSA) is 70.9 Å². The molecule has 27 heavy (non-hydrogen) atoms. The quantitative estimate of drug-likeness (QED) is 0.509. The molecule has 4 aromatic rings. The van der Waals surface area contributed by atoms with Crippen LogP contribution in [-0.2, 0) is 0 Å². The van der Waals surface area contributed by atoms with Crippen LogP contribution >= 0.6 is 11.8 Å². The Morgan fingerprint density at radius 1 is 0.926 bits per heavy atom. The average Bonchev–Trinajstić information content (AvgIpc) is 2.65. The van der Waals surface area contributed by atoms with E-state index in [0.29, 0.717) is 5.65 Å². The number of aryl methyl sites for hydroxylation is 2. The molecular formula is C21H18N4OS. The number of fused-ring (bicyclic) bond motifs is 1. The Kier molecular flexibility index (Phi) is 4.64. The van der Waals surface area contributed by atoms with Gasteiger partial charge in [0, 0.05) is 15.5 Å². The molecule has 0 saturated carbocycles. The predicted octanol–water partition coefficient (Wildman–Crippen LogP) is 5.24. The van der Waals surface area contributed by atoms with Crippen LogP contribution in [0.1, 0.15) is 11.3 Å². The van der Waals surface area contributed by atoms with Crippen molar-refractivity contribution >= 4 is 34.3 Å². The predicted molar refractivity (Wildman–Crippen MR) is 109 cm³/mol. The summed E-state index contributed by atoms with van der Waals surface area (Å²) in [5, 5.41) is 13.8. The fourth-order valence-electron chi connectivity index (χ4n) is 2.74. The summed E-state index contributed by atoms with van der Waals surface area (Å²) in [4.78, 5) is 15.3. The van der Waals surface area contributed by atoms with Gasteiger partial charge in [-0.2, -0.15) is 0 Å². The molecule has 0 bridgehead atoms. The molecule has 0 unspecified atom stereocenters. The fourth-order valence-corrected chi connectivity index (χ4v) is 3.62. The molecule has 0 amide bonds. The maximum atomic E-state index is 9.49. The molecule has 0 fully saturated rings. The zero-order chi connectivity index (χ0) is 18.8. The summed E-state index contributed by atoms with van der Waals surface area (Å²) in [5.41, 5.74) is 3.72. The van der Waals surface area contributed by atoms with Crippen molar-refractivity contribution < 1.29 is 5.11 Å². The lowest BCUT2D eigenvalue weighted by atomic mass is 10.2. The van der Waals surface area contributed by atoms with Crippen LogP contribution in [0.3, 0.4) is 0 Å². The molecule has 4 rings (SSSR count). The molecule has 0 aliphatic heterocycles. The molecule has 0 atom stereocenters. The van der Waals surface area contributed by atoms with Crippen LogP contribution in [-0.4, -0.2) is 20.1 Å². The summed E-state index contributed by atoms with van der Waals surface area (Å²) >= 11 is 1.63. The molecule has 5 nitrogen and oxygen atoms in total. The minimum absolute atomic E-state index is 0.261. The number of benzene rings is 2. The van der Waals surface area contributed by atoms with E-state index in [0.717, 1.165) is 37.9 Å². The number of hydrogen-bond donors (Lipinski definition) is 2. The van der Waals surface area contributed by atoms with Crippen LogP contribution < -0.4 is 5.32 Å². The monoisotopic (exact) mass is 374 g/mol. The van der Waals surface area contributed by atoms with Crippen molar-refractivity contribution in [2.24, 2.45) is 0 Å². The van der Waals surface area contributed by atoms with Gasteiger partial charge in [0.05, 0.1) is 11.1 Å². The van der Waals surface area contributed by atoms with E-state index in [1.54, 1.807) is 23.9 Å². The molecule has 0 spiro atoms. The number of hydrogen-bond acceptors (Lipinski definition) is 6. The molecule has 134 valence electrons. The van der Waals surface area contributed by atoms with Crippen molar-refractivity contribution in [2.75, 3.05) is 5.32 Å². The third kappa shape index (κ3) is 3.85. The number of aromatic hydroxyl groups is 1. The highest BCUT2D eigenvalue weighted by Crippen LogP contribution is 2.36. The summed E-state index contributed by atoms with van der Waals surface area (Å²) in [7, 11) is 0. The zero-order valence-corrected chi connectivity index (χ0v) is 15.8. The Balaban J connectivity index is 1.72. The first kappa shape index (κ1) is 17.3. The van der Waals surface area contributed by atoms with Crippen molar-refractivity contribution in [1.29, 1.82) is 0 Å². The molecule has 2 N–H and O–H groups in total. The minimum Gasteiger partial charge on any atom is -0.508 e. The lowest BCUT2D eigenvalue weighted by Gasteiger charge is -2.13. The highest BCUT2D eigenvalue weighted by atomic mass is 32.2. The smallest absolute Gasteiger partial charge is 0.164 e. The second kappa shape index (κ2) is 7.25. The van der Waals surface area contributed by atoms with Crippen LogP contribution in [0.15, 0.2) is 70.7 Å². The molecule has 2 aromatic heterocycles. The fraction of sp³-hybridized carbons (Fsp3) is 0.0952. The van der Waals surface area contributed by atoms with Gasteiger partial charge < -0.3 is 10.4 Å². The number of pyridine rings is 1. The van der Waals surface area contributed by atoms with Gasteiger partial charge in [-0.3, -0.25) is 0 Å². The van der Waals surface area contributed by atoms with E-state index in [4.69, 9.17) is 0 Å². The second-order valence-electron chi connectivity index (χ2n) is 6.27. The Morgan fingerprint density at radius 3 is 2.56 bits per heavy atom. The number of nitrogens with zero attached hydrogens (tertiary/aromatic N) is 3. The van der Waals surface area contributed by atoms with E-state index < -0.39 is 0 Å². The normalized spacial score (nSPS) is 10.9. The average molecular weight is 374 g/mol. The SMILES string of the molecule is Cc1ccc(Sc2ccc(O)cc2)c(Nc2ncnc3nc(C)ccc23)c1. The van der Waals surface area contributed by atoms with Gasteiger partial charge in [0.15, 0.2) is 5.65 Å². The van der Waals surface area contributed by atoms with Crippen LogP contribution in [0.5, 0.6) is 5.75 Å². The van der Waals surface area contributed by atoms with Gasteiger partial charge in [0.1, 0.15) is 17.9 Å². The summed E-state index contributed by atoms with van der Waals surface area (Å²) in [6.07, 6.45) is 1.53. The lowest BCUT2D eigenvalue weighted by Crippen LogP contribution is -1.99. The highest BCUT2D eigenvalue weighted by Gasteiger charge is 2.10. The minimum atomic E-state index is 0.261. The number of nitrogens with one attached hydrogen (secondary N) is 1. The van der Waals surface area contributed by atoms with Crippen LogP contribution in [0.2, 0.25) is 0 Å².